The molecular weight excluding hydrogens is 333 g/mol. The molecule has 0 radical (unpaired) electrons. The van der Waals surface area contributed by atoms with Crippen LogP contribution in [0, 0.1) is 19.7 Å². The molecule has 1 aromatic carbocycles. The number of nitrogens with zero attached hydrogens (tertiary/aromatic N) is 3. The molecule has 0 unspecified atom stereocenters. The Labute approximate surface area is 141 Å². The van der Waals surface area contributed by atoms with Crippen LogP contribution in [0.25, 0.3) is 5.69 Å². The number of thioether (sulfide) groups is 1. The number of hydrogen-bond donors (Lipinski definition) is 0. The number of carbonyl (C=O) groups is 1. The molecule has 0 atom stereocenters. The second-order valence-electron chi connectivity index (χ2n) is 5.02. The second-order valence-corrected chi connectivity index (χ2v) is 7.07. The van der Waals surface area contributed by atoms with E-state index in [0.717, 1.165) is 21.4 Å². The fraction of sp³-hybridized carbons (Fsp3) is 0.188. The predicted molar refractivity (Wildman–Crippen MR) is 90.2 cm³/mol. The molecular formula is C16H14FN3OS2. The van der Waals surface area contributed by atoms with Gasteiger partial charge in [-0.15, -0.1) is 10.2 Å². The van der Waals surface area contributed by atoms with Crippen LogP contribution in [0.4, 0.5) is 4.39 Å². The van der Waals surface area contributed by atoms with Crippen molar-refractivity contribution in [2.45, 2.75) is 18.2 Å². The lowest BCUT2D eigenvalue weighted by Crippen LogP contribution is -2.05. The molecule has 0 saturated heterocycles. The van der Waals surface area contributed by atoms with Crippen molar-refractivity contribution < 1.29 is 9.18 Å². The highest BCUT2D eigenvalue weighted by atomic mass is 32.2. The van der Waals surface area contributed by atoms with Gasteiger partial charge in [0.15, 0.2) is 10.1 Å². The molecule has 2 aromatic heterocycles. The molecule has 0 saturated carbocycles. The lowest BCUT2D eigenvalue weighted by atomic mass is 10.2. The molecule has 3 rings (SSSR count). The normalized spacial score (nSPS) is 10.9. The van der Waals surface area contributed by atoms with E-state index >= 15 is 0 Å². The number of carbonyl (C=O) groups excluding carboxylic acids is 1. The predicted octanol–water partition coefficient (Wildman–Crippen LogP) is 4.06. The molecule has 23 heavy (non-hydrogen) atoms. The summed E-state index contributed by atoms with van der Waals surface area (Å²) in [5.74, 6) is 0.0403. The fourth-order valence-corrected chi connectivity index (χ4v) is 3.86. The van der Waals surface area contributed by atoms with Gasteiger partial charge in [0.2, 0.25) is 0 Å². The van der Waals surface area contributed by atoms with E-state index < -0.39 is 0 Å². The highest BCUT2D eigenvalue weighted by Gasteiger charge is 2.17. The van der Waals surface area contributed by atoms with Crippen LogP contribution in [0.5, 0.6) is 0 Å². The number of hydrogen-bond acceptors (Lipinski definition) is 5. The average Bonchev–Trinajstić information content (AvgIpc) is 3.13. The molecule has 7 heteroatoms. The SMILES string of the molecule is Cc1cc(C(=O)CSc2nncs2)c(C)n1-c1cccc(F)c1. The van der Waals surface area contributed by atoms with Gasteiger partial charge in [-0.3, -0.25) is 4.79 Å². The molecule has 0 spiro atoms. The zero-order chi connectivity index (χ0) is 16.4. The molecule has 4 nitrogen and oxygen atoms in total. The first-order chi connectivity index (χ1) is 11.1. The summed E-state index contributed by atoms with van der Waals surface area (Å²) in [6, 6.07) is 8.21. The van der Waals surface area contributed by atoms with E-state index in [9.17, 15) is 9.18 Å². The van der Waals surface area contributed by atoms with Gasteiger partial charge in [0.25, 0.3) is 0 Å². The lowest BCUT2D eigenvalue weighted by Gasteiger charge is -2.09. The first kappa shape index (κ1) is 15.9. The third kappa shape index (κ3) is 3.35. The second kappa shape index (κ2) is 6.64. The number of aryl methyl sites for hydroxylation is 1. The topological polar surface area (TPSA) is 47.8 Å². The van der Waals surface area contributed by atoms with E-state index in [-0.39, 0.29) is 11.6 Å². The Balaban J connectivity index is 1.86. The molecule has 0 fully saturated rings. The smallest absolute Gasteiger partial charge is 0.174 e. The quantitative estimate of drug-likeness (QED) is 0.516. The van der Waals surface area contributed by atoms with E-state index in [1.807, 2.05) is 30.5 Å². The standard InChI is InChI=1S/C16H14FN3OS2/c1-10-6-14(15(21)8-22-16-19-18-9-23-16)11(2)20(10)13-5-3-4-12(17)7-13/h3-7,9H,8H2,1-2H3. The number of benzene rings is 1. The largest absolute Gasteiger partial charge is 0.318 e. The zero-order valence-electron chi connectivity index (χ0n) is 12.6. The maximum Gasteiger partial charge on any atom is 0.174 e. The Hall–Kier alpha value is -1.99. The molecule has 0 N–H and O–H groups in total. The Morgan fingerprint density at radius 3 is 2.87 bits per heavy atom. The van der Waals surface area contributed by atoms with Crippen molar-refractivity contribution >= 4 is 28.9 Å². The Bertz CT molecular complexity index is 843. The lowest BCUT2D eigenvalue weighted by molar-refractivity contribution is 0.102. The van der Waals surface area contributed by atoms with Crippen molar-refractivity contribution in [1.29, 1.82) is 0 Å². The average molecular weight is 347 g/mol. The molecule has 0 aliphatic carbocycles. The summed E-state index contributed by atoms with van der Waals surface area (Å²) in [7, 11) is 0. The molecule has 0 bridgehead atoms. The van der Waals surface area contributed by atoms with E-state index in [0.29, 0.717) is 11.3 Å². The Morgan fingerprint density at radius 2 is 2.17 bits per heavy atom. The molecule has 118 valence electrons. The number of Topliss-reactive ketones (excluding diaryl/α,β-unsaturated/α-hetero) is 1. The van der Waals surface area contributed by atoms with Gasteiger partial charge in [0.05, 0.1) is 5.75 Å². The maximum atomic E-state index is 13.5. The van der Waals surface area contributed by atoms with Crippen LogP contribution in [0.15, 0.2) is 40.2 Å². The molecule has 3 aromatic rings. The first-order valence-electron chi connectivity index (χ1n) is 6.93. The Morgan fingerprint density at radius 1 is 1.35 bits per heavy atom. The third-order valence-electron chi connectivity index (χ3n) is 3.46. The van der Waals surface area contributed by atoms with Crippen molar-refractivity contribution in [2.75, 3.05) is 5.75 Å². The van der Waals surface area contributed by atoms with Gasteiger partial charge in [0.1, 0.15) is 11.3 Å². The summed E-state index contributed by atoms with van der Waals surface area (Å²) >= 11 is 2.79. The minimum absolute atomic E-state index is 0.0287. The number of aromatic nitrogens is 3. The van der Waals surface area contributed by atoms with Crippen LogP contribution in [0.3, 0.4) is 0 Å². The van der Waals surface area contributed by atoms with Crippen LogP contribution in [-0.2, 0) is 0 Å². The Kier molecular flexibility index (Phi) is 4.58. The van der Waals surface area contributed by atoms with Gasteiger partial charge >= 0.3 is 0 Å². The van der Waals surface area contributed by atoms with Crippen molar-refractivity contribution in [3.63, 3.8) is 0 Å². The summed E-state index contributed by atoms with van der Waals surface area (Å²) in [5, 5.41) is 7.67. The highest BCUT2D eigenvalue weighted by Crippen LogP contribution is 2.25. The van der Waals surface area contributed by atoms with E-state index in [2.05, 4.69) is 10.2 Å². The van der Waals surface area contributed by atoms with Crippen molar-refractivity contribution in [2.24, 2.45) is 0 Å². The van der Waals surface area contributed by atoms with Crippen molar-refractivity contribution in [3.05, 3.63) is 58.6 Å². The van der Waals surface area contributed by atoms with Crippen LogP contribution >= 0.6 is 23.1 Å². The van der Waals surface area contributed by atoms with Crippen LogP contribution in [0.2, 0.25) is 0 Å². The van der Waals surface area contributed by atoms with Gasteiger partial charge in [-0.25, -0.2) is 4.39 Å². The zero-order valence-corrected chi connectivity index (χ0v) is 14.2. The van der Waals surface area contributed by atoms with Gasteiger partial charge in [0, 0.05) is 22.6 Å². The number of halogens is 1. The minimum atomic E-state index is -0.297. The fourth-order valence-electron chi connectivity index (χ4n) is 2.49. The van der Waals surface area contributed by atoms with Gasteiger partial charge in [-0.1, -0.05) is 29.2 Å². The number of ketones is 1. The van der Waals surface area contributed by atoms with Crippen molar-refractivity contribution in [1.82, 2.24) is 14.8 Å². The highest BCUT2D eigenvalue weighted by molar-refractivity contribution is 8.01. The summed E-state index contributed by atoms with van der Waals surface area (Å²) in [6.07, 6.45) is 0. The minimum Gasteiger partial charge on any atom is -0.318 e. The van der Waals surface area contributed by atoms with E-state index in [1.165, 1.54) is 35.2 Å². The summed E-state index contributed by atoms with van der Waals surface area (Å²) in [4.78, 5) is 12.5. The molecule has 0 aliphatic rings. The first-order valence-corrected chi connectivity index (χ1v) is 8.80. The molecule has 0 aliphatic heterocycles. The number of rotatable bonds is 5. The molecule has 2 heterocycles. The summed E-state index contributed by atoms with van der Waals surface area (Å²) in [5.41, 5.74) is 4.73. The monoisotopic (exact) mass is 347 g/mol. The maximum absolute atomic E-state index is 13.5. The summed E-state index contributed by atoms with van der Waals surface area (Å²) < 4.78 is 16.1. The van der Waals surface area contributed by atoms with E-state index in [1.54, 1.807) is 11.6 Å². The van der Waals surface area contributed by atoms with Gasteiger partial charge in [-0.05, 0) is 38.1 Å². The third-order valence-corrected chi connectivity index (χ3v) is 5.33. The van der Waals surface area contributed by atoms with Crippen LogP contribution in [0.1, 0.15) is 21.7 Å². The van der Waals surface area contributed by atoms with Crippen molar-refractivity contribution in [3.8, 4) is 5.69 Å². The van der Waals surface area contributed by atoms with Gasteiger partial charge in [-0.2, -0.15) is 0 Å². The van der Waals surface area contributed by atoms with Gasteiger partial charge < -0.3 is 4.57 Å². The van der Waals surface area contributed by atoms with Crippen LogP contribution in [-0.4, -0.2) is 26.3 Å². The summed E-state index contributed by atoms with van der Waals surface area (Å²) in [6.45, 7) is 3.79. The van der Waals surface area contributed by atoms with E-state index in [4.69, 9.17) is 0 Å². The van der Waals surface area contributed by atoms with Crippen LogP contribution < -0.4 is 0 Å². The molecule has 0 amide bonds.